The predicted octanol–water partition coefficient (Wildman–Crippen LogP) is 3.42. The highest BCUT2D eigenvalue weighted by Gasteiger charge is 2.18. The Hall–Kier alpha value is -3.74. The van der Waals surface area contributed by atoms with Gasteiger partial charge in [-0.3, -0.25) is 4.79 Å². The summed E-state index contributed by atoms with van der Waals surface area (Å²) in [6.45, 7) is 4.51. The molecule has 0 bridgehead atoms. The van der Waals surface area contributed by atoms with Gasteiger partial charge < -0.3 is 15.0 Å². The third-order valence-electron chi connectivity index (χ3n) is 5.63. The number of benzene rings is 2. The van der Waals surface area contributed by atoms with Crippen LogP contribution in [0.5, 0.6) is 0 Å². The molecular formula is C25H24N4O4S. The fourth-order valence-corrected chi connectivity index (χ4v) is 4.46. The fraction of sp³-hybridized carbons (Fsp3) is 0.240. The number of aromatic nitrogens is 1. The molecule has 2 aromatic carbocycles. The number of aryl methyl sites for hydroxylation is 1. The van der Waals surface area contributed by atoms with Crippen molar-refractivity contribution in [2.24, 2.45) is 0 Å². The molecule has 1 aliphatic rings. The smallest absolute Gasteiger partial charge is 0.255 e. The zero-order valence-electron chi connectivity index (χ0n) is 18.9. The predicted molar refractivity (Wildman–Crippen MR) is 130 cm³/mol. The minimum absolute atomic E-state index is 0.0835. The molecule has 0 unspecified atom stereocenters. The maximum atomic E-state index is 12.8. The van der Waals surface area contributed by atoms with Crippen molar-refractivity contribution in [2.75, 3.05) is 42.8 Å². The van der Waals surface area contributed by atoms with E-state index in [-0.39, 0.29) is 10.5 Å². The van der Waals surface area contributed by atoms with Gasteiger partial charge in [0.05, 0.1) is 23.7 Å². The van der Waals surface area contributed by atoms with Gasteiger partial charge in [0.1, 0.15) is 11.9 Å². The van der Waals surface area contributed by atoms with Gasteiger partial charge in [-0.2, -0.15) is 5.26 Å². The van der Waals surface area contributed by atoms with E-state index in [9.17, 15) is 18.5 Å². The normalized spacial score (nSPS) is 13.9. The number of anilines is 2. The van der Waals surface area contributed by atoms with E-state index in [1.807, 2.05) is 24.0 Å². The SMILES string of the molecule is Cc1ccc(NC(=O)c2cccc(S(C)(=O)=O)c2)cc1-c1cnc(N2CCOCC2)c(C#N)c1. The van der Waals surface area contributed by atoms with Crippen molar-refractivity contribution < 1.29 is 17.9 Å². The lowest BCUT2D eigenvalue weighted by Gasteiger charge is -2.28. The molecule has 0 atom stereocenters. The second-order valence-electron chi connectivity index (χ2n) is 8.09. The van der Waals surface area contributed by atoms with Crippen LogP contribution in [0.3, 0.4) is 0 Å². The Balaban J connectivity index is 1.61. The number of morpholine rings is 1. The molecule has 0 radical (unpaired) electrons. The first-order chi connectivity index (χ1) is 16.3. The quantitative estimate of drug-likeness (QED) is 0.600. The number of hydrogen-bond acceptors (Lipinski definition) is 7. The molecule has 1 fully saturated rings. The Morgan fingerprint density at radius 3 is 2.62 bits per heavy atom. The second kappa shape index (κ2) is 9.63. The van der Waals surface area contributed by atoms with E-state index in [4.69, 9.17) is 4.74 Å². The number of carbonyl (C=O) groups is 1. The Morgan fingerprint density at radius 1 is 1.15 bits per heavy atom. The molecule has 0 saturated carbocycles. The van der Waals surface area contributed by atoms with Crippen molar-refractivity contribution in [2.45, 2.75) is 11.8 Å². The summed E-state index contributed by atoms with van der Waals surface area (Å²) in [6.07, 6.45) is 2.83. The van der Waals surface area contributed by atoms with Gasteiger partial charge in [0.25, 0.3) is 5.91 Å². The Kier molecular flexibility index (Phi) is 6.63. The first kappa shape index (κ1) is 23.4. The number of amides is 1. The lowest BCUT2D eigenvalue weighted by molar-refractivity contribution is 0.102. The lowest BCUT2D eigenvalue weighted by Crippen LogP contribution is -2.37. The zero-order chi connectivity index (χ0) is 24.3. The number of hydrogen-bond donors (Lipinski definition) is 1. The topological polar surface area (TPSA) is 112 Å². The fourth-order valence-electron chi connectivity index (χ4n) is 3.80. The van der Waals surface area contributed by atoms with Crippen LogP contribution in [0.25, 0.3) is 11.1 Å². The number of pyridine rings is 1. The number of rotatable bonds is 5. The molecular weight excluding hydrogens is 452 g/mol. The third-order valence-corrected chi connectivity index (χ3v) is 6.74. The average molecular weight is 477 g/mol. The van der Waals surface area contributed by atoms with Crippen LogP contribution in [-0.2, 0) is 14.6 Å². The summed E-state index contributed by atoms with van der Waals surface area (Å²) in [5, 5.41) is 12.5. The summed E-state index contributed by atoms with van der Waals surface area (Å²) in [5.41, 5.74) is 3.83. The maximum Gasteiger partial charge on any atom is 0.255 e. The van der Waals surface area contributed by atoms with Crippen molar-refractivity contribution in [1.29, 1.82) is 5.26 Å². The first-order valence-corrected chi connectivity index (χ1v) is 12.6. The van der Waals surface area contributed by atoms with Gasteiger partial charge in [-0.05, 0) is 54.4 Å². The van der Waals surface area contributed by atoms with Gasteiger partial charge in [0.2, 0.25) is 0 Å². The van der Waals surface area contributed by atoms with Gasteiger partial charge in [-0.25, -0.2) is 13.4 Å². The van der Waals surface area contributed by atoms with Crippen LogP contribution < -0.4 is 10.2 Å². The molecule has 4 rings (SSSR count). The number of sulfone groups is 1. The Morgan fingerprint density at radius 2 is 1.91 bits per heavy atom. The number of nitriles is 1. The van der Waals surface area contributed by atoms with Crippen LogP contribution in [0, 0.1) is 18.3 Å². The highest BCUT2D eigenvalue weighted by atomic mass is 32.2. The van der Waals surface area contributed by atoms with Crippen molar-refractivity contribution in [3.63, 3.8) is 0 Å². The summed E-state index contributed by atoms with van der Waals surface area (Å²) in [4.78, 5) is 19.5. The van der Waals surface area contributed by atoms with Crippen LogP contribution in [0.1, 0.15) is 21.5 Å². The largest absolute Gasteiger partial charge is 0.378 e. The minimum Gasteiger partial charge on any atom is -0.378 e. The molecule has 1 aliphatic heterocycles. The van der Waals surface area contributed by atoms with E-state index in [1.54, 1.807) is 24.4 Å². The molecule has 1 amide bonds. The summed E-state index contributed by atoms with van der Waals surface area (Å²) in [7, 11) is -3.42. The average Bonchev–Trinajstić information content (AvgIpc) is 2.85. The lowest BCUT2D eigenvalue weighted by atomic mass is 9.99. The Labute approximate surface area is 198 Å². The van der Waals surface area contributed by atoms with Crippen molar-refractivity contribution in [1.82, 2.24) is 4.98 Å². The zero-order valence-corrected chi connectivity index (χ0v) is 19.7. The first-order valence-electron chi connectivity index (χ1n) is 10.7. The standard InChI is InChI=1S/C25H24N4O4S/c1-17-6-7-21(28-25(30)18-4-3-5-22(13-18)34(2,31)32)14-23(17)20-12-19(15-26)24(27-16-20)29-8-10-33-11-9-29/h3-7,12-14,16H,8-11H2,1-2H3,(H,28,30). The highest BCUT2D eigenvalue weighted by Crippen LogP contribution is 2.30. The van der Waals surface area contributed by atoms with E-state index < -0.39 is 15.7 Å². The molecule has 34 heavy (non-hydrogen) atoms. The Bertz CT molecular complexity index is 1390. The van der Waals surface area contributed by atoms with Crippen LogP contribution in [0.15, 0.2) is 59.6 Å². The molecule has 2 heterocycles. The third kappa shape index (κ3) is 5.09. The summed E-state index contributed by atoms with van der Waals surface area (Å²) in [5.74, 6) is 0.223. The molecule has 0 spiro atoms. The summed E-state index contributed by atoms with van der Waals surface area (Å²) < 4.78 is 29.0. The molecule has 8 nitrogen and oxygen atoms in total. The van der Waals surface area contributed by atoms with Gasteiger partial charge in [0, 0.05) is 42.4 Å². The van der Waals surface area contributed by atoms with Crippen molar-refractivity contribution in [3.8, 4) is 17.2 Å². The van der Waals surface area contributed by atoms with Crippen molar-refractivity contribution >= 4 is 27.2 Å². The molecule has 0 aliphatic carbocycles. The van der Waals surface area contributed by atoms with E-state index in [1.165, 1.54) is 18.2 Å². The molecule has 9 heteroatoms. The highest BCUT2D eigenvalue weighted by molar-refractivity contribution is 7.90. The molecule has 1 aromatic heterocycles. The van der Waals surface area contributed by atoms with Crippen LogP contribution in [0.4, 0.5) is 11.5 Å². The number of nitrogens with one attached hydrogen (secondary N) is 1. The summed E-state index contributed by atoms with van der Waals surface area (Å²) >= 11 is 0. The van der Waals surface area contributed by atoms with E-state index in [0.29, 0.717) is 43.4 Å². The number of carbonyl (C=O) groups excluding carboxylic acids is 1. The van der Waals surface area contributed by atoms with Gasteiger partial charge in [0.15, 0.2) is 9.84 Å². The van der Waals surface area contributed by atoms with E-state index in [0.717, 1.165) is 22.9 Å². The van der Waals surface area contributed by atoms with E-state index >= 15 is 0 Å². The number of ether oxygens (including phenoxy) is 1. The monoisotopic (exact) mass is 476 g/mol. The van der Waals surface area contributed by atoms with Crippen LogP contribution in [0.2, 0.25) is 0 Å². The van der Waals surface area contributed by atoms with Crippen molar-refractivity contribution in [3.05, 3.63) is 71.4 Å². The van der Waals surface area contributed by atoms with Gasteiger partial charge in [-0.15, -0.1) is 0 Å². The minimum atomic E-state index is -3.42. The molecule has 3 aromatic rings. The van der Waals surface area contributed by atoms with Crippen LogP contribution >= 0.6 is 0 Å². The maximum absolute atomic E-state index is 12.8. The molecule has 174 valence electrons. The van der Waals surface area contributed by atoms with Gasteiger partial charge >= 0.3 is 0 Å². The van der Waals surface area contributed by atoms with Gasteiger partial charge in [-0.1, -0.05) is 12.1 Å². The molecule has 1 N–H and O–H groups in total. The van der Waals surface area contributed by atoms with Crippen LogP contribution in [-0.4, -0.2) is 51.9 Å². The number of nitrogens with zero attached hydrogens (tertiary/aromatic N) is 3. The summed E-state index contributed by atoms with van der Waals surface area (Å²) in [6, 6.07) is 15.4. The second-order valence-corrected chi connectivity index (χ2v) is 10.1. The molecule has 1 saturated heterocycles. The van der Waals surface area contributed by atoms with E-state index in [2.05, 4.69) is 16.4 Å².